The number of carbonyl (C=O) groups excluding carboxylic acids is 11. The topological polar surface area (TPSA) is 519 Å². The van der Waals surface area contributed by atoms with E-state index in [0.717, 1.165) is 75.7 Å². The molecule has 1 saturated carbocycles. The van der Waals surface area contributed by atoms with Gasteiger partial charge in [0.2, 0.25) is 35.4 Å². The molecule has 16 N–H and O–H groups in total. The Bertz CT molecular complexity index is 4170. The van der Waals surface area contributed by atoms with Gasteiger partial charge in [0.1, 0.15) is 47.3 Å². The van der Waals surface area contributed by atoms with Crippen molar-refractivity contribution in [2.75, 3.05) is 117 Å². The van der Waals surface area contributed by atoms with Crippen LogP contribution in [-0.4, -0.2) is 251 Å². The lowest BCUT2D eigenvalue weighted by Gasteiger charge is -2.40. The van der Waals surface area contributed by atoms with Crippen LogP contribution in [0, 0.1) is 58.6 Å². The molecule has 3 aliphatic rings. The third kappa shape index (κ3) is 39.3. The predicted octanol–water partition coefficient (Wildman–Crippen LogP) is 8.22. The van der Waals surface area contributed by atoms with E-state index in [2.05, 4.69) is 71.9 Å². The fourth-order valence-electron chi connectivity index (χ4n) is 15.4. The number of ether oxygens (including phenoxy) is 7. The van der Waals surface area contributed by atoms with Crippen LogP contribution in [0.3, 0.4) is 0 Å². The highest BCUT2D eigenvalue weighted by Crippen LogP contribution is 2.52. The Morgan fingerprint density at radius 1 is 0.662 bits per heavy atom. The van der Waals surface area contributed by atoms with Crippen molar-refractivity contribution in [3.05, 3.63) is 75.5 Å². The van der Waals surface area contributed by atoms with Crippen LogP contribution in [-0.2, 0) is 84.5 Å². The molecule has 2 heterocycles. The first-order valence-corrected chi connectivity index (χ1v) is 46.4. The normalized spacial score (nSPS) is 17.2. The van der Waals surface area contributed by atoms with Crippen molar-refractivity contribution in [1.29, 1.82) is 0 Å². The number of benzene rings is 2. The van der Waals surface area contributed by atoms with E-state index in [1.807, 2.05) is 39.6 Å². The average Bonchev–Trinajstić information content (AvgIpc) is 1.62. The van der Waals surface area contributed by atoms with E-state index in [1.54, 1.807) is 36.9 Å². The summed E-state index contributed by atoms with van der Waals surface area (Å²) in [5.41, 5.74) is 10.7. The van der Waals surface area contributed by atoms with E-state index >= 15 is 4.79 Å². The maximum atomic E-state index is 15.4. The number of nitrogens with two attached hydrogens (primary N) is 2. The van der Waals surface area contributed by atoms with E-state index in [0.29, 0.717) is 81.1 Å². The van der Waals surface area contributed by atoms with Gasteiger partial charge >= 0.3 is 36.2 Å². The summed E-state index contributed by atoms with van der Waals surface area (Å²) in [5, 5.41) is 48.3. The van der Waals surface area contributed by atoms with Crippen LogP contribution in [0.4, 0.5) is 34.9 Å². The number of likely N-dealkylation sites (tertiary alicyclic amines) is 1. The number of hydrogen-bond donors (Lipinski definition) is 14. The third-order valence-electron chi connectivity index (χ3n) is 23.3. The number of primary amides is 1. The average molecular weight is 1850 g/mol. The molecule has 1 aliphatic heterocycles. The lowest BCUT2D eigenvalue weighted by Crippen LogP contribution is -2.59. The number of likely N-dealkylation sites (N-methyl/N-ethyl adjacent to an activating group) is 1. The SMILES string of the molecule is CCCCCCN(C(=O)[C@@H](NC(=O)[C@H]1CCCCN1C)[C@@H](C)CC)[C@H](C[C@@H](OC(=O)NCCNC(=O)OCc1ccc(NC(=O)[C@H](CCCNC(N)=O)NC(=O)[C@@H](NC(=O)[C@H](CCC(=O)O)NC(=O)CCOCCOCCOCCOCCNC(=O)OCC2C3CCC#CCCC32)C(C)C)cc1)c1nc(C(=O)N[C@@H](Cc2ccc(N)c(F)c2)CC(C)(C)C(=O)O)cs1)C(C)C. The molecule has 12 amide bonds. The summed E-state index contributed by atoms with van der Waals surface area (Å²) in [6, 6.07) is 2.72. The number of unbranched alkanes of at least 4 members (excludes halogenated alkanes) is 3. The number of nitrogens with one attached hydrogen (secondary N) is 10. The Morgan fingerprint density at radius 3 is 1.91 bits per heavy atom. The second kappa shape index (κ2) is 57.6. The molecule has 37 nitrogen and oxygen atoms in total. The molecule has 2 aliphatic carbocycles. The molecule has 6 rings (SSSR count). The van der Waals surface area contributed by atoms with Gasteiger partial charge in [-0.05, 0) is 163 Å². The minimum absolute atomic E-state index is 0.0220. The maximum absolute atomic E-state index is 15.4. The van der Waals surface area contributed by atoms with E-state index in [1.165, 1.54) is 43.5 Å². The summed E-state index contributed by atoms with van der Waals surface area (Å²) in [4.78, 5) is 183. The van der Waals surface area contributed by atoms with Crippen molar-refractivity contribution in [3.8, 4) is 11.8 Å². The first-order valence-electron chi connectivity index (χ1n) is 45.5. The Kier molecular flexibility index (Phi) is 48.0. The quantitative estimate of drug-likeness (QED) is 0.0109. The fraction of sp³-hybridized carbons (Fsp3) is 0.670. The number of alkyl carbamates (subject to hydrolysis) is 3. The molecule has 0 spiro atoms. The van der Waals surface area contributed by atoms with Crippen molar-refractivity contribution in [2.45, 2.75) is 246 Å². The summed E-state index contributed by atoms with van der Waals surface area (Å²) in [6.07, 6.45) is 5.69. The molecule has 724 valence electrons. The Labute approximate surface area is 765 Å². The highest BCUT2D eigenvalue weighted by molar-refractivity contribution is 7.09. The number of rotatable bonds is 60. The Morgan fingerprint density at radius 2 is 1.29 bits per heavy atom. The molecule has 1 aromatic heterocycles. The zero-order valence-corrected chi connectivity index (χ0v) is 77.8. The van der Waals surface area contributed by atoms with Gasteiger partial charge in [-0.3, -0.25) is 48.1 Å². The number of halogens is 1. The van der Waals surface area contributed by atoms with Crippen LogP contribution < -0.4 is 64.6 Å². The van der Waals surface area contributed by atoms with Crippen molar-refractivity contribution in [2.24, 2.45) is 46.7 Å². The van der Waals surface area contributed by atoms with Gasteiger partial charge in [-0.2, -0.15) is 0 Å². The van der Waals surface area contributed by atoms with Gasteiger partial charge < -0.3 is 113 Å². The van der Waals surface area contributed by atoms with E-state index in [9.17, 15) is 72.1 Å². The van der Waals surface area contributed by atoms with Gasteiger partial charge in [0, 0.05) is 88.0 Å². The van der Waals surface area contributed by atoms with Crippen LogP contribution in [0.5, 0.6) is 0 Å². The van der Waals surface area contributed by atoms with Gasteiger partial charge in [0.15, 0.2) is 6.10 Å². The van der Waals surface area contributed by atoms with Crippen LogP contribution in [0.25, 0.3) is 0 Å². The summed E-state index contributed by atoms with van der Waals surface area (Å²) >= 11 is 1.01. The number of hydrogen-bond acceptors (Lipinski definition) is 24. The number of urea groups is 1. The molecule has 2 unspecified atom stereocenters. The number of piperidine rings is 1. The van der Waals surface area contributed by atoms with Crippen LogP contribution in [0.15, 0.2) is 47.8 Å². The van der Waals surface area contributed by atoms with Crippen molar-refractivity contribution in [1.82, 2.24) is 62.6 Å². The lowest BCUT2D eigenvalue weighted by atomic mass is 9.84. The number of aliphatic carboxylic acids is 2. The third-order valence-corrected chi connectivity index (χ3v) is 24.2. The first kappa shape index (κ1) is 108. The molecule has 130 heavy (non-hydrogen) atoms. The lowest BCUT2D eigenvalue weighted by molar-refractivity contribution is -0.147. The van der Waals surface area contributed by atoms with Crippen molar-refractivity contribution < 1.29 is 110 Å². The number of fused-ring (bicyclic) bond motifs is 1. The zero-order valence-electron chi connectivity index (χ0n) is 77.0. The molecule has 0 bridgehead atoms. The second-order valence-electron chi connectivity index (χ2n) is 34.6. The smallest absolute Gasteiger partial charge is 0.407 e. The number of carboxylic acid groups (broad SMARTS) is 2. The molecular formula is C91H140FN15O22S. The molecule has 3 aromatic rings. The molecule has 39 heteroatoms. The molecule has 2 aromatic carbocycles. The zero-order chi connectivity index (χ0) is 95.2. The highest BCUT2D eigenvalue weighted by atomic mass is 32.1. The standard InChI is InChI=1S/C91H140FN15O22S/c1-11-13-14-20-41-107(85(116)78(59(7)12-2)105-82(114)72-26-19-21-40-106(72)10)73(57(3)4)52-74(84-103-71(56-130-84)81(113)100-63(53-91(8,9)86(117)118)50-61-29-32-68(93)67(92)51-61)129-90(122)97-38-37-96-88(120)127-54-60-27-30-62(31-28-60)99-79(111)69(25-22-36-95-87(94)119)102-83(115)77(58(5)6)104-80(112)70(33-34-76(109)110)101-75(108)35-42-123-44-46-125-48-49-126-47-45-124-43-39-98-89(121)128-55-66-64-23-17-15-16-18-24-65(64)66/h27-32,51,56-59,63-66,69-70,72-74,77-78H,11-14,17-26,33-50,52-55,93H2,1-10H3,(H,96,120)(H,97,122)(H,98,121)(H,99,111)(H,100,113)(H,101,108)(H,102,115)(H,104,112)(H,105,114)(H,109,110)(H,117,118)(H3,94,95,119)/t59-,63-,64?,65?,66?,69-,70-,72+,73+,74+,77-,78-/m0/s1. The minimum Gasteiger partial charge on any atom is -0.481 e. The number of amides is 12. The number of nitrogens with zero attached hydrogens (tertiary/aromatic N) is 3. The second-order valence-corrected chi connectivity index (χ2v) is 35.5. The van der Waals surface area contributed by atoms with Crippen molar-refractivity contribution in [3.63, 3.8) is 0 Å². The Hall–Kier alpha value is -10.5. The summed E-state index contributed by atoms with van der Waals surface area (Å²) in [7, 11) is 1.90. The molecule has 0 radical (unpaired) electrons. The van der Waals surface area contributed by atoms with E-state index in [4.69, 9.17) is 49.6 Å². The van der Waals surface area contributed by atoms with Crippen LogP contribution in [0.2, 0.25) is 0 Å². The highest BCUT2D eigenvalue weighted by Gasteiger charge is 2.49. The molecule has 11 atom stereocenters. The minimum atomic E-state index is -1.40. The number of nitrogen functional groups attached to an aromatic ring is 1. The van der Waals surface area contributed by atoms with E-state index in [-0.39, 0.29) is 157 Å². The molecule has 1 saturated heterocycles. The summed E-state index contributed by atoms with van der Waals surface area (Å²) in [6.45, 7) is 18.9. The number of carboxylic acids is 2. The number of anilines is 2. The predicted molar refractivity (Wildman–Crippen MR) is 483 cm³/mol. The van der Waals surface area contributed by atoms with E-state index < -0.39 is 138 Å². The summed E-state index contributed by atoms with van der Waals surface area (Å²) < 4.78 is 54.0. The van der Waals surface area contributed by atoms with Crippen LogP contribution >= 0.6 is 11.3 Å². The van der Waals surface area contributed by atoms with Gasteiger partial charge in [0.25, 0.3) is 5.91 Å². The molecular weight excluding hydrogens is 1710 g/mol. The largest absolute Gasteiger partial charge is 0.481 e. The van der Waals surface area contributed by atoms with Crippen LogP contribution in [0.1, 0.15) is 217 Å². The Balaban J connectivity index is 1.01. The van der Waals surface area contributed by atoms with Gasteiger partial charge in [-0.1, -0.05) is 98.8 Å². The number of carbonyl (C=O) groups is 13. The van der Waals surface area contributed by atoms with Gasteiger partial charge in [-0.15, -0.1) is 23.2 Å². The number of thiazole rings is 1. The number of aromatic nitrogens is 1. The van der Waals surface area contributed by atoms with Gasteiger partial charge in [0.05, 0.1) is 76.6 Å². The van der Waals surface area contributed by atoms with Crippen molar-refractivity contribution >= 4 is 100 Å². The van der Waals surface area contributed by atoms with Gasteiger partial charge in [-0.25, -0.2) is 28.6 Å². The first-order chi connectivity index (χ1) is 62.1. The molecule has 2 fully saturated rings. The monoisotopic (exact) mass is 1850 g/mol. The maximum Gasteiger partial charge on any atom is 0.407 e. The fourth-order valence-corrected chi connectivity index (χ4v) is 16.3. The summed E-state index contributed by atoms with van der Waals surface area (Å²) in [5.74, 6) is -0.501.